The van der Waals surface area contributed by atoms with Gasteiger partial charge in [-0.25, -0.2) is 4.39 Å². The molecule has 1 aromatic carbocycles. The van der Waals surface area contributed by atoms with E-state index in [1.165, 1.54) is 13.8 Å². The van der Waals surface area contributed by atoms with E-state index in [1.807, 2.05) is 0 Å². The molecule has 0 spiro atoms. The van der Waals surface area contributed by atoms with Crippen molar-refractivity contribution in [3.8, 4) is 0 Å². The van der Waals surface area contributed by atoms with E-state index >= 15 is 0 Å². The molecule has 0 heterocycles. The Balaban J connectivity index is 3.05. The summed E-state index contributed by atoms with van der Waals surface area (Å²) in [6.07, 6.45) is 0. The third kappa shape index (κ3) is 3.71. The molecule has 0 bridgehead atoms. The van der Waals surface area contributed by atoms with Crippen molar-refractivity contribution in [2.45, 2.75) is 19.9 Å². The molecule has 0 saturated heterocycles. The Morgan fingerprint density at radius 3 is 2.33 bits per heavy atom. The van der Waals surface area contributed by atoms with Crippen LogP contribution in [-0.4, -0.2) is 27.9 Å². The van der Waals surface area contributed by atoms with Crippen LogP contribution in [0.1, 0.15) is 24.2 Å². The summed E-state index contributed by atoms with van der Waals surface area (Å²) in [6.45, 7) is 2.71. The van der Waals surface area contributed by atoms with Gasteiger partial charge in [-0.3, -0.25) is 19.7 Å². The second kappa shape index (κ2) is 6.25. The van der Waals surface area contributed by atoms with E-state index < -0.39 is 51.6 Å². The molecule has 9 heteroatoms. The summed E-state index contributed by atoms with van der Waals surface area (Å²) in [5.41, 5.74) is -1.77. The number of carbonyl (C=O) groups is 2. The van der Waals surface area contributed by atoms with E-state index in [2.05, 4.69) is 5.32 Å². The van der Waals surface area contributed by atoms with Gasteiger partial charge < -0.3 is 10.4 Å². The minimum atomic E-state index is -1.40. The average molecular weight is 302 g/mol. The average Bonchev–Trinajstić information content (AvgIpc) is 2.36. The fraction of sp³-hybridized carbons (Fsp3) is 0.333. The predicted molar refractivity (Wildman–Crippen MR) is 66.7 cm³/mol. The van der Waals surface area contributed by atoms with E-state index in [9.17, 15) is 28.5 Å². The van der Waals surface area contributed by atoms with E-state index in [0.29, 0.717) is 6.07 Å². The van der Waals surface area contributed by atoms with Gasteiger partial charge in [0.2, 0.25) is 5.82 Å². The highest BCUT2D eigenvalue weighted by Gasteiger charge is 2.26. The van der Waals surface area contributed by atoms with Gasteiger partial charge in [0.05, 0.1) is 16.4 Å². The standard InChI is InChI=1S/C12H12F2N2O5/c1-5(12(18)19)6(2)15-11(17)7-3-10(16(20)21)9(14)4-8(7)13/h3-6H,1-2H3,(H,15,17)(H,18,19). The first-order valence-electron chi connectivity index (χ1n) is 5.82. The van der Waals surface area contributed by atoms with Gasteiger partial charge in [-0.15, -0.1) is 0 Å². The summed E-state index contributed by atoms with van der Waals surface area (Å²) in [4.78, 5) is 32.0. The van der Waals surface area contributed by atoms with E-state index in [4.69, 9.17) is 5.11 Å². The Bertz CT molecular complexity index is 606. The lowest BCUT2D eigenvalue weighted by molar-refractivity contribution is -0.387. The number of amides is 1. The summed E-state index contributed by atoms with van der Waals surface area (Å²) < 4.78 is 26.7. The van der Waals surface area contributed by atoms with Crippen molar-refractivity contribution in [2.75, 3.05) is 0 Å². The third-order valence-electron chi connectivity index (χ3n) is 2.98. The first-order valence-corrected chi connectivity index (χ1v) is 5.82. The van der Waals surface area contributed by atoms with Crippen molar-refractivity contribution in [2.24, 2.45) is 5.92 Å². The summed E-state index contributed by atoms with van der Waals surface area (Å²) in [6, 6.07) is -0.144. The molecule has 114 valence electrons. The van der Waals surface area contributed by atoms with Crippen LogP contribution in [0.3, 0.4) is 0 Å². The van der Waals surface area contributed by atoms with E-state index in [-0.39, 0.29) is 6.07 Å². The van der Waals surface area contributed by atoms with Crippen LogP contribution >= 0.6 is 0 Å². The fourth-order valence-corrected chi connectivity index (χ4v) is 1.47. The molecule has 1 aromatic rings. The SMILES string of the molecule is CC(NC(=O)c1cc([N+](=O)[O-])c(F)cc1F)C(C)C(=O)O. The lowest BCUT2D eigenvalue weighted by atomic mass is 10.0. The first kappa shape index (κ1) is 16.5. The normalized spacial score (nSPS) is 13.3. The minimum absolute atomic E-state index is 0.234. The molecule has 2 unspecified atom stereocenters. The Morgan fingerprint density at radius 1 is 1.29 bits per heavy atom. The van der Waals surface area contributed by atoms with Gasteiger partial charge in [-0.2, -0.15) is 4.39 Å². The summed E-state index contributed by atoms with van der Waals surface area (Å²) >= 11 is 0. The van der Waals surface area contributed by atoms with Crippen molar-refractivity contribution in [1.82, 2.24) is 5.32 Å². The van der Waals surface area contributed by atoms with Crippen molar-refractivity contribution in [3.63, 3.8) is 0 Å². The number of aliphatic carboxylic acids is 1. The summed E-state index contributed by atoms with van der Waals surface area (Å²) in [5, 5.41) is 21.5. The highest BCUT2D eigenvalue weighted by atomic mass is 19.1. The molecule has 0 aliphatic heterocycles. The molecule has 2 atom stereocenters. The number of nitrogens with one attached hydrogen (secondary N) is 1. The van der Waals surface area contributed by atoms with E-state index in [1.54, 1.807) is 0 Å². The van der Waals surface area contributed by atoms with Crippen LogP contribution < -0.4 is 5.32 Å². The second-order valence-corrected chi connectivity index (χ2v) is 4.43. The molecule has 0 aromatic heterocycles. The maximum Gasteiger partial charge on any atom is 0.308 e. The fourth-order valence-electron chi connectivity index (χ4n) is 1.47. The van der Waals surface area contributed by atoms with Crippen LogP contribution in [0.5, 0.6) is 0 Å². The number of nitro benzene ring substituents is 1. The maximum absolute atomic E-state index is 13.5. The van der Waals surface area contributed by atoms with Crippen molar-refractivity contribution in [3.05, 3.63) is 39.4 Å². The Hall–Kier alpha value is -2.58. The van der Waals surface area contributed by atoms with Crippen molar-refractivity contribution in [1.29, 1.82) is 0 Å². The van der Waals surface area contributed by atoms with Gasteiger partial charge in [0, 0.05) is 18.2 Å². The number of halogens is 2. The molecule has 0 aliphatic rings. The summed E-state index contributed by atoms with van der Waals surface area (Å²) in [5.74, 6) is -5.86. The smallest absolute Gasteiger partial charge is 0.308 e. The number of hydrogen-bond acceptors (Lipinski definition) is 4. The molecule has 1 amide bonds. The molecule has 0 aliphatic carbocycles. The van der Waals surface area contributed by atoms with Gasteiger partial charge in [0.1, 0.15) is 5.82 Å². The third-order valence-corrected chi connectivity index (χ3v) is 2.98. The molecule has 21 heavy (non-hydrogen) atoms. The Labute approximate surface area is 117 Å². The zero-order chi connectivity index (χ0) is 16.3. The number of carbonyl (C=O) groups excluding carboxylic acids is 1. The quantitative estimate of drug-likeness (QED) is 0.635. The molecule has 0 fully saturated rings. The lowest BCUT2D eigenvalue weighted by Crippen LogP contribution is -2.40. The number of benzene rings is 1. The van der Waals surface area contributed by atoms with Crippen LogP contribution in [0.25, 0.3) is 0 Å². The topological polar surface area (TPSA) is 110 Å². The number of nitro groups is 1. The van der Waals surface area contributed by atoms with Crippen LogP contribution in [0.15, 0.2) is 12.1 Å². The molecular weight excluding hydrogens is 290 g/mol. The molecule has 0 saturated carbocycles. The van der Waals surface area contributed by atoms with Crippen LogP contribution in [0, 0.1) is 27.7 Å². The van der Waals surface area contributed by atoms with Crippen molar-refractivity contribution >= 4 is 17.6 Å². The van der Waals surface area contributed by atoms with Gasteiger partial charge in [-0.05, 0) is 13.8 Å². The number of hydrogen-bond donors (Lipinski definition) is 2. The van der Waals surface area contributed by atoms with Gasteiger partial charge in [0.15, 0.2) is 0 Å². The minimum Gasteiger partial charge on any atom is -0.481 e. The van der Waals surface area contributed by atoms with Crippen LogP contribution in [-0.2, 0) is 4.79 Å². The number of carboxylic acid groups (broad SMARTS) is 1. The number of carboxylic acids is 1. The number of nitrogens with zero attached hydrogens (tertiary/aromatic N) is 1. The number of rotatable bonds is 5. The van der Waals surface area contributed by atoms with Gasteiger partial charge >= 0.3 is 11.7 Å². The highest BCUT2D eigenvalue weighted by molar-refractivity contribution is 5.95. The molecule has 0 radical (unpaired) electrons. The Morgan fingerprint density at radius 2 is 1.86 bits per heavy atom. The lowest BCUT2D eigenvalue weighted by Gasteiger charge is -2.17. The highest BCUT2D eigenvalue weighted by Crippen LogP contribution is 2.21. The zero-order valence-corrected chi connectivity index (χ0v) is 11.1. The van der Waals surface area contributed by atoms with Crippen molar-refractivity contribution < 1.29 is 28.4 Å². The zero-order valence-electron chi connectivity index (χ0n) is 11.1. The predicted octanol–water partition coefficient (Wildman–Crippen LogP) is 1.71. The largest absolute Gasteiger partial charge is 0.481 e. The van der Waals surface area contributed by atoms with Gasteiger partial charge in [0.25, 0.3) is 5.91 Å². The van der Waals surface area contributed by atoms with Crippen LogP contribution in [0.2, 0.25) is 0 Å². The molecule has 1 rings (SSSR count). The van der Waals surface area contributed by atoms with E-state index in [0.717, 1.165) is 0 Å². The maximum atomic E-state index is 13.5. The molecule has 2 N–H and O–H groups in total. The second-order valence-electron chi connectivity index (χ2n) is 4.43. The van der Waals surface area contributed by atoms with Crippen LogP contribution in [0.4, 0.5) is 14.5 Å². The first-order chi connectivity index (χ1) is 9.65. The Kier molecular flexibility index (Phi) is 4.90. The summed E-state index contributed by atoms with van der Waals surface area (Å²) in [7, 11) is 0. The molecular formula is C12H12F2N2O5. The van der Waals surface area contributed by atoms with Gasteiger partial charge in [-0.1, -0.05) is 0 Å². The molecule has 7 nitrogen and oxygen atoms in total. The monoisotopic (exact) mass is 302 g/mol.